The first-order chi connectivity index (χ1) is 8.67. The molecule has 0 atom stereocenters. The number of nitrogens with zero attached hydrogens (tertiary/aromatic N) is 2. The molecular formula is C14H13BrN2S. The Morgan fingerprint density at radius 3 is 2.83 bits per heavy atom. The molecule has 1 heterocycles. The van der Waals surface area contributed by atoms with Gasteiger partial charge in [0, 0.05) is 27.8 Å². The second-order valence-corrected chi connectivity index (χ2v) is 6.13. The molecule has 4 heteroatoms. The lowest BCUT2D eigenvalue weighted by atomic mass is 10.1. The van der Waals surface area contributed by atoms with Crippen LogP contribution in [0, 0.1) is 11.3 Å². The topological polar surface area (TPSA) is 27.0 Å². The fourth-order valence-corrected chi connectivity index (χ4v) is 3.34. The lowest BCUT2D eigenvalue weighted by molar-refractivity contribution is 0.322. The molecule has 2 rings (SSSR count). The summed E-state index contributed by atoms with van der Waals surface area (Å²) in [5.74, 6) is 0. The maximum absolute atomic E-state index is 8.87. The zero-order valence-electron chi connectivity index (χ0n) is 10.1. The lowest BCUT2D eigenvalue weighted by Gasteiger charge is -2.15. The molecule has 18 heavy (non-hydrogen) atoms. The van der Waals surface area contributed by atoms with Gasteiger partial charge < -0.3 is 0 Å². The Morgan fingerprint density at radius 2 is 2.17 bits per heavy atom. The van der Waals surface area contributed by atoms with Gasteiger partial charge in [-0.15, -0.1) is 11.3 Å². The molecule has 0 amide bonds. The maximum Gasteiger partial charge on any atom is 0.0991 e. The van der Waals surface area contributed by atoms with Crippen molar-refractivity contribution >= 4 is 27.3 Å². The van der Waals surface area contributed by atoms with Crippen LogP contribution in [0.5, 0.6) is 0 Å². The number of nitriles is 1. The van der Waals surface area contributed by atoms with E-state index in [0.29, 0.717) is 0 Å². The summed E-state index contributed by atoms with van der Waals surface area (Å²) in [5.41, 5.74) is 1.90. The summed E-state index contributed by atoms with van der Waals surface area (Å²) in [4.78, 5) is 3.58. The molecule has 0 saturated heterocycles. The summed E-state index contributed by atoms with van der Waals surface area (Å²) in [6.45, 7) is 1.78. The molecule has 2 aromatic rings. The number of hydrogen-bond acceptors (Lipinski definition) is 3. The van der Waals surface area contributed by atoms with Crippen LogP contribution >= 0.6 is 27.3 Å². The van der Waals surface area contributed by atoms with Crippen LogP contribution in [0.15, 0.2) is 40.2 Å². The molecule has 1 aromatic heterocycles. The Balaban J connectivity index is 1.98. The molecule has 0 N–H and O–H groups in total. The first-order valence-electron chi connectivity index (χ1n) is 5.58. The highest BCUT2D eigenvalue weighted by Crippen LogP contribution is 2.21. The van der Waals surface area contributed by atoms with Crippen molar-refractivity contribution in [2.75, 3.05) is 7.05 Å². The van der Waals surface area contributed by atoms with Crippen molar-refractivity contribution in [1.82, 2.24) is 4.90 Å². The quantitative estimate of drug-likeness (QED) is 0.850. The molecule has 0 bridgehead atoms. The summed E-state index contributed by atoms with van der Waals surface area (Å²) in [6, 6.07) is 12.1. The summed E-state index contributed by atoms with van der Waals surface area (Å²) < 4.78 is 1.14. The van der Waals surface area contributed by atoms with Crippen LogP contribution in [-0.4, -0.2) is 11.9 Å². The van der Waals surface area contributed by atoms with E-state index >= 15 is 0 Å². The molecule has 0 aliphatic rings. The summed E-state index contributed by atoms with van der Waals surface area (Å²) >= 11 is 5.22. The van der Waals surface area contributed by atoms with E-state index in [1.165, 1.54) is 10.4 Å². The molecule has 92 valence electrons. The molecule has 0 aliphatic carbocycles. The highest BCUT2D eigenvalue weighted by molar-refractivity contribution is 9.10. The lowest BCUT2D eigenvalue weighted by Crippen LogP contribution is -2.16. The van der Waals surface area contributed by atoms with Gasteiger partial charge in [0.15, 0.2) is 0 Å². The van der Waals surface area contributed by atoms with Crippen LogP contribution in [0.2, 0.25) is 0 Å². The van der Waals surface area contributed by atoms with Gasteiger partial charge in [-0.1, -0.05) is 12.1 Å². The van der Waals surface area contributed by atoms with Crippen molar-refractivity contribution < 1.29 is 0 Å². The van der Waals surface area contributed by atoms with Gasteiger partial charge in [0.2, 0.25) is 0 Å². The maximum atomic E-state index is 8.87. The number of thiophene rings is 1. The van der Waals surface area contributed by atoms with Crippen LogP contribution in [0.4, 0.5) is 0 Å². The van der Waals surface area contributed by atoms with Gasteiger partial charge in [-0.05, 0) is 46.7 Å². The molecule has 0 fully saturated rings. The van der Waals surface area contributed by atoms with Crippen LogP contribution in [0.1, 0.15) is 16.0 Å². The summed E-state index contributed by atoms with van der Waals surface area (Å²) in [7, 11) is 2.09. The van der Waals surface area contributed by atoms with Crippen LogP contribution in [-0.2, 0) is 13.1 Å². The Bertz CT molecular complexity index is 571. The molecule has 0 unspecified atom stereocenters. The number of halogens is 1. The molecule has 0 saturated carbocycles. The van der Waals surface area contributed by atoms with Crippen molar-refractivity contribution in [1.29, 1.82) is 5.26 Å². The third-order valence-electron chi connectivity index (χ3n) is 2.56. The third kappa shape index (κ3) is 3.67. The highest BCUT2D eigenvalue weighted by atomic mass is 79.9. The van der Waals surface area contributed by atoms with Gasteiger partial charge >= 0.3 is 0 Å². The smallest absolute Gasteiger partial charge is 0.0991 e. The van der Waals surface area contributed by atoms with Crippen molar-refractivity contribution in [3.8, 4) is 6.07 Å². The predicted octanol–water partition coefficient (Wildman–Crippen LogP) is 4.01. The van der Waals surface area contributed by atoms with Gasteiger partial charge in [0.05, 0.1) is 11.6 Å². The SMILES string of the molecule is CN(Cc1cccc(C#N)c1)Cc1cc(Br)cs1. The van der Waals surface area contributed by atoms with E-state index in [0.717, 1.165) is 23.1 Å². The van der Waals surface area contributed by atoms with Crippen molar-refractivity contribution in [3.05, 3.63) is 56.2 Å². The zero-order chi connectivity index (χ0) is 13.0. The van der Waals surface area contributed by atoms with E-state index in [4.69, 9.17) is 5.26 Å². The van der Waals surface area contributed by atoms with Crippen molar-refractivity contribution in [2.24, 2.45) is 0 Å². The summed E-state index contributed by atoms with van der Waals surface area (Å²) in [5, 5.41) is 11.0. The van der Waals surface area contributed by atoms with E-state index < -0.39 is 0 Å². The standard InChI is InChI=1S/C14H13BrN2S/c1-17(9-14-6-13(15)10-18-14)8-12-4-2-3-11(5-12)7-16/h2-6,10H,8-9H2,1H3. The van der Waals surface area contributed by atoms with E-state index in [2.05, 4.69) is 51.5 Å². The highest BCUT2D eigenvalue weighted by Gasteiger charge is 2.04. The molecule has 0 aliphatic heterocycles. The minimum Gasteiger partial charge on any atom is -0.297 e. The largest absolute Gasteiger partial charge is 0.297 e. The van der Waals surface area contributed by atoms with E-state index in [1.807, 2.05) is 18.2 Å². The van der Waals surface area contributed by atoms with Gasteiger partial charge in [0.25, 0.3) is 0 Å². The molecule has 2 nitrogen and oxygen atoms in total. The van der Waals surface area contributed by atoms with Crippen molar-refractivity contribution in [2.45, 2.75) is 13.1 Å². The minimum absolute atomic E-state index is 0.722. The minimum atomic E-state index is 0.722. The third-order valence-corrected chi connectivity index (χ3v) is 4.24. The van der Waals surface area contributed by atoms with Gasteiger partial charge in [-0.2, -0.15) is 5.26 Å². The van der Waals surface area contributed by atoms with E-state index in [-0.39, 0.29) is 0 Å². The number of benzene rings is 1. The summed E-state index contributed by atoms with van der Waals surface area (Å²) in [6.07, 6.45) is 0. The first kappa shape index (κ1) is 13.3. The van der Waals surface area contributed by atoms with Gasteiger partial charge in [-0.25, -0.2) is 0 Å². The fraction of sp³-hybridized carbons (Fsp3) is 0.214. The average molecular weight is 321 g/mol. The van der Waals surface area contributed by atoms with Gasteiger partial charge in [-0.3, -0.25) is 4.90 Å². The van der Waals surface area contributed by atoms with Crippen LogP contribution < -0.4 is 0 Å². The Morgan fingerprint density at radius 1 is 1.33 bits per heavy atom. The molecule has 1 aromatic carbocycles. The Kier molecular flexibility index (Phi) is 4.54. The van der Waals surface area contributed by atoms with Crippen LogP contribution in [0.3, 0.4) is 0 Å². The fourth-order valence-electron chi connectivity index (χ4n) is 1.81. The Hall–Kier alpha value is -1.15. The zero-order valence-corrected chi connectivity index (χ0v) is 12.5. The average Bonchev–Trinajstić information content (AvgIpc) is 2.74. The normalized spacial score (nSPS) is 10.6. The second-order valence-electron chi connectivity index (χ2n) is 4.22. The predicted molar refractivity (Wildman–Crippen MR) is 78.3 cm³/mol. The second kappa shape index (κ2) is 6.14. The number of hydrogen-bond donors (Lipinski definition) is 0. The van der Waals surface area contributed by atoms with Crippen LogP contribution in [0.25, 0.3) is 0 Å². The molecular weight excluding hydrogens is 308 g/mol. The van der Waals surface area contributed by atoms with Gasteiger partial charge in [0.1, 0.15) is 0 Å². The first-order valence-corrected chi connectivity index (χ1v) is 7.25. The van der Waals surface area contributed by atoms with Crippen molar-refractivity contribution in [3.63, 3.8) is 0 Å². The monoisotopic (exact) mass is 320 g/mol. The molecule has 0 radical (unpaired) electrons. The molecule has 0 spiro atoms. The Labute approximate surface area is 120 Å². The number of rotatable bonds is 4. The van der Waals surface area contributed by atoms with E-state index in [9.17, 15) is 0 Å². The van der Waals surface area contributed by atoms with E-state index in [1.54, 1.807) is 11.3 Å².